The van der Waals surface area contributed by atoms with Gasteiger partial charge in [0.1, 0.15) is 18.9 Å². The molecule has 0 saturated carbocycles. The monoisotopic (exact) mass is 379 g/mol. The summed E-state index contributed by atoms with van der Waals surface area (Å²) in [6, 6.07) is 9.05. The molecule has 1 aliphatic rings. The molecule has 0 aliphatic carbocycles. The van der Waals surface area contributed by atoms with Crippen molar-refractivity contribution in [2.24, 2.45) is 0 Å². The molecule has 0 spiro atoms. The molecule has 2 aromatic heterocycles. The molecule has 3 heterocycles. The number of rotatable bonds is 6. The van der Waals surface area contributed by atoms with Gasteiger partial charge in [-0.1, -0.05) is 6.07 Å². The van der Waals surface area contributed by atoms with Gasteiger partial charge in [-0.15, -0.1) is 0 Å². The van der Waals surface area contributed by atoms with E-state index in [4.69, 9.17) is 9.47 Å². The number of carbonyl (C=O) groups excluding carboxylic acids is 2. The third kappa shape index (κ3) is 3.83. The topological polar surface area (TPSA) is 81.9 Å². The van der Waals surface area contributed by atoms with Crippen LogP contribution in [0, 0.1) is 6.92 Å². The molecule has 1 N–H and O–H groups in total. The fraction of sp³-hybridized carbons (Fsp3) is 0.286. The van der Waals surface area contributed by atoms with E-state index in [2.05, 4.69) is 10.3 Å². The van der Waals surface area contributed by atoms with Gasteiger partial charge in [-0.25, -0.2) is 4.98 Å². The van der Waals surface area contributed by atoms with E-state index in [0.717, 1.165) is 16.9 Å². The number of Topliss-reactive ketones (excluding diaryl/α,β-unsaturated/α-hetero) is 1. The average Bonchev–Trinajstić information content (AvgIpc) is 3.14. The Morgan fingerprint density at radius 3 is 2.79 bits per heavy atom. The lowest BCUT2D eigenvalue weighted by molar-refractivity contribution is -0.121. The van der Waals surface area contributed by atoms with Crippen molar-refractivity contribution in [1.82, 2.24) is 14.7 Å². The number of ketones is 1. The smallest absolute Gasteiger partial charge is 0.220 e. The van der Waals surface area contributed by atoms with E-state index in [9.17, 15) is 9.59 Å². The van der Waals surface area contributed by atoms with Gasteiger partial charge in [-0.05, 0) is 36.8 Å². The highest BCUT2D eigenvalue weighted by Crippen LogP contribution is 2.31. The van der Waals surface area contributed by atoms with E-state index >= 15 is 0 Å². The van der Waals surface area contributed by atoms with Gasteiger partial charge in [0.2, 0.25) is 5.91 Å². The zero-order valence-corrected chi connectivity index (χ0v) is 15.6. The Morgan fingerprint density at radius 2 is 1.96 bits per heavy atom. The van der Waals surface area contributed by atoms with Gasteiger partial charge in [-0.3, -0.25) is 9.59 Å². The van der Waals surface area contributed by atoms with Crippen molar-refractivity contribution in [2.45, 2.75) is 26.3 Å². The first kappa shape index (κ1) is 18.0. The van der Waals surface area contributed by atoms with Crippen molar-refractivity contribution in [1.29, 1.82) is 0 Å². The molecule has 0 saturated heterocycles. The van der Waals surface area contributed by atoms with Crippen molar-refractivity contribution in [3.8, 4) is 11.5 Å². The van der Waals surface area contributed by atoms with Crippen LogP contribution in [0.1, 0.15) is 34.5 Å². The number of benzene rings is 1. The van der Waals surface area contributed by atoms with Crippen LogP contribution in [0.4, 0.5) is 0 Å². The molecule has 4 rings (SSSR count). The number of amides is 1. The van der Waals surface area contributed by atoms with Gasteiger partial charge in [0.15, 0.2) is 17.3 Å². The molecule has 3 aromatic rings. The normalized spacial score (nSPS) is 12.8. The summed E-state index contributed by atoms with van der Waals surface area (Å²) in [7, 11) is 0. The highest BCUT2D eigenvalue weighted by molar-refractivity contribution is 5.98. The molecular weight excluding hydrogens is 358 g/mol. The largest absolute Gasteiger partial charge is 0.486 e. The number of nitrogens with zero attached hydrogens (tertiary/aromatic N) is 2. The number of aryl methyl sites for hydroxylation is 1. The number of hydrogen-bond acceptors (Lipinski definition) is 5. The van der Waals surface area contributed by atoms with E-state index in [-0.39, 0.29) is 24.5 Å². The minimum atomic E-state index is -0.181. The average molecular weight is 379 g/mol. The molecule has 144 valence electrons. The third-order valence-corrected chi connectivity index (χ3v) is 4.64. The lowest BCUT2D eigenvalue weighted by atomic mass is 10.1. The molecule has 7 heteroatoms. The van der Waals surface area contributed by atoms with Crippen molar-refractivity contribution >= 4 is 17.3 Å². The Kier molecular flexibility index (Phi) is 4.97. The molecular formula is C21H21N3O4. The highest BCUT2D eigenvalue weighted by atomic mass is 16.6. The number of carbonyl (C=O) groups is 2. The Labute approximate surface area is 162 Å². The van der Waals surface area contributed by atoms with E-state index in [1.165, 1.54) is 0 Å². The summed E-state index contributed by atoms with van der Waals surface area (Å²) in [5.74, 6) is 0.932. The van der Waals surface area contributed by atoms with Crippen molar-refractivity contribution < 1.29 is 19.1 Å². The van der Waals surface area contributed by atoms with Crippen LogP contribution in [0.15, 0.2) is 42.7 Å². The van der Waals surface area contributed by atoms with Crippen LogP contribution in [0.5, 0.6) is 11.5 Å². The summed E-state index contributed by atoms with van der Waals surface area (Å²) in [6.07, 6.45) is 4.07. The summed E-state index contributed by atoms with van der Waals surface area (Å²) in [5.41, 5.74) is 3.25. The number of imidazole rings is 1. The molecule has 28 heavy (non-hydrogen) atoms. The van der Waals surface area contributed by atoms with Crippen LogP contribution in [0.2, 0.25) is 0 Å². The van der Waals surface area contributed by atoms with Crippen LogP contribution in [0.3, 0.4) is 0 Å². The zero-order valence-electron chi connectivity index (χ0n) is 15.6. The lowest BCUT2D eigenvalue weighted by Gasteiger charge is -2.18. The second-order valence-electron chi connectivity index (χ2n) is 6.71. The minimum Gasteiger partial charge on any atom is -0.486 e. The SMILES string of the molecule is Cc1cccn2cc(CNC(=O)CCC(=O)c3ccc4c(c3)OCCO4)nc12. The maximum absolute atomic E-state index is 12.4. The first-order valence-electron chi connectivity index (χ1n) is 9.23. The van der Waals surface area contributed by atoms with Gasteiger partial charge in [0.25, 0.3) is 0 Å². The van der Waals surface area contributed by atoms with Crippen molar-refractivity contribution in [2.75, 3.05) is 13.2 Å². The third-order valence-electron chi connectivity index (χ3n) is 4.64. The van der Waals surface area contributed by atoms with E-state index < -0.39 is 0 Å². The maximum atomic E-state index is 12.4. The van der Waals surface area contributed by atoms with Gasteiger partial charge >= 0.3 is 0 Å². The van der Waals surface area contributed by atoms with Gasteiger partial charge in [0, 0.05) is 30.8 Å². The summed E-state index contributed by atoms with van der Waals surface area (Å²) >= 11 is 0. The van der Waals surface area contributed by atoms with E-state index in [1.807, 2.05) is 35.9 Å². The Balaban J connectivity index is 1.30. The van der Waals surface area contributed by atoms with E-state index in [0.29, 0.717) is 36.8 Å². The zero-order chi connectivity index (χ0) is 19.5. The Bertz CT molecular complexity index is 1040. The van der Waals surface area contributed by atoms with Crippen LogP contribution in [0.25, 0.3) is 5.65 Å². The number of aromatic nitrogens is 2. The van der Waals surface area contributed by atoms with Gasteiger partial charge in [0.05, 0.1) is 12.2 Å². The quantitative estimate of drug-likeness (QED) is 0.666. The van der Waals surface area contributed by atoms with Crippen molar-refractivity contribution in [3.63, 3.8) is 0 Å². The molecule has 1 aliphatic heterocycles. The lowest BCUT2D eigenvalue weighted by Crippen LogP contribution is -2.23. The number of hydrogen-bond donors (Lipinski definition) is 1. The Morgan fingerprint density at radius 1 is 1.14 bits per heavy atom. The number of nitrogens with one attached hydrogen (secondary N) is 1. The number of ether oxygens (including phenoxy) is 2. The highest BCUT2D eigenvalue weighted by Gasteiger charge is 2.16. The summed E-state index contributed by atoms with van der Waals surface area (Å²) in [5, 5.41) is 2.82. The summed E-state index contributed by atoms with van der Waals surface area (Å²) < 4.78 is 12.9. The first-order chi connectivity index (χ1) is 13.6. The molecule has 0 atom stereocenters. The standard InChI is InChI=1S/C21H21N3O4/c1-14-3-2-8-24-13-16(23-21(14)24)12-22-20(26)7-5-17(25)15-4-6-18-19(11-15)28-10-9-27-18/h2-4,6,8,11,13H,5,7,9-10,12H2,1H3,(H,22,26). The molecule has 1 amide bonds. The minimum absolute atomic E-state index is 0.101. The van der Waals surface area contributed by atoms with Crippen LogP contribution in [-0.4, -0.2) is 34.3 Å². The predicted molar refractivity (Wildman–Crippen MR) is 103 cm³/mol. The van der Waals surface area contributed by atoms with E-state index in [1.54, 1.807) is 18.2 Å². The summed E-state index contributed by atoms with van der Waals surface area (Å²) in [4.78, 5) is 29.0. The van der Waals surface area contributed by atoms with Crippen LogP contribution >= 0.6 is 0 Å². The Hall–Kier alpha value is -3.35. The molecule has 0 unspecified atom stereocenters. The molecule has 0 radical (unpaired) electrons. The number of pyridine rings is 1. The second-order valence-corrected chi connectivity index (χ2v) is 6.71. The fourth-order valence-electron chi connectivity index (χ4n) is 3.16. The second kappa shape index (κ2) is 7.72. The van der Waals surface area contributed by atoms with Crippen LogP contribution in [-0.2, 0) is 11.3 Å². The summed E-state index contributed by atoms with van der Waals surface area (Å²) in [6.45, 7) is 3.30. The molecule has 0 fully saturated rings. The molecule has 0 bridgehead atoms. The fourth-order valence-corrected chi connectivity index (χ4v) is 3.16. The maximum Gasteiger partial charge on any atom is 0.220 e. The predicted octanol–water partition coefficient (Wildman–Crippen LogP) is 2.69. The number of fused-ring (bicyclic) bond motifs is 2. The van der Waals surface area contributed by atoms with Gasteiger partial charge < -0.3 is 19.2 Å². The van der Waals surface area contributed by atoms with Crippen LogP contribution < -0.4 is 14.8 Å². The first-order valence-corrected chi connectivity index (χ1v) is 9.23. The van der Waals surface area contributed by atoms with Gasteiger partial charge in [-0.2, -0.15) is 0 Å². The van der Waals surface area contributed by atoms with Crippen molar-refractivity contribution in [3.05, 3.63) is 59.5 Å². The molecule has 1 aromatic carbocycles. The molecule has 7 nitrogen and oxygen atoms in total.